The van der Waals surface area contributed by atoms with Crippen molar-refractivity contribution in [1.29, 1.82) is 0 Å². The van der Waals surface area contributed by atoms with Crippen LogP contribution >= 0.6 is 27.3 Å². The maximum Gasteiger partial charge on any atom is 0.140 e. The molecule has 0 aliphatic rings. The van der Waals surface area contributed by atoms with Crippen molar-refractivity contribution in [3.05, 3.63) is 20.8 Å². The minimum Gasteiger partial charge on any atom is -0.409 e. The summed E-state index contributed by atoms with van der Waals surface area (Å²) < 4.78 is 1.11. The van der Waals surface area contributed by atoms with E-state index in [1.54, 1.807) is 11.3 Å². The van der Waals surface area contributed by atoms with E-state index in [9.17, 15) is 0 Å². The fraction of sp³-hybridized carbons (Fsp3) is 0.375. The third kappa shape index (κ3) is 4.08. The number of halogens is 1. The fourth-order valence-corrected chi connectivity index (χ4v) is 2.35. The molecule has 78 valence electrons. The molecule has 0 amide bonds. The van der Waals surface area contributed by atoms with Crippen molar-refractivity contribution in [2.75, 3.05) is 6.54 Å². The topological polar surface area (TPSA) is 70.6 Å². The molecule has 0 aromatic carbocycles. The van der Waals surface area contributed by atoms with Crippen LogP contribution in [0.4, 0.5) is 0 Å². The first kappa shape index (κ1) is 11.5. The Bertz CT molecular complexity index is 313. The van der Waals surface area contributed by atoms with Gasteiger partial charge in [0.15, 0.2) is 0 Å². The van der Waals surface area contributed by atoms with Crippen LogP contribution < -0.4 is 11.1 Å². The minimum atomic E-state index is 0.255. The highest BCUT2D eigenvalue weighted by atomic mass is 79.9. The van der Waals surface area contributed by atoms with Crippen molar-refractivity contribution < 1.29 is 5.21 Å². The molecular formula is C8H12BrN3OS. The molecule has 0 bridgehead atoms. The first-order valence-electron chi connectivity index (χ1n) is 4.12. The molecule has 0 radical (unpaired) electrons. The Labute approximate surface area is 94.9 Å². The lowest BCUT2D eigenvalue weighted by molar-refractivity contribution is 0.316. The maximum absolute atomic E-state index is 8.29. The van der Waals surface area contributed by atoms with E-state index in [2.05, 4.69) is 32.5 Å². The quantitative estimate of drug-likeness (QED) is 0.252. The van der Waals surface area contributed by atoms with Crippen molar-refractivity contribution in [1.82, 2.24) is 5.32 Å². The summed E-state index contributed by atoms with van der Waals surface area (Å²) >= 11 is 5.08. The van der Waals surface area contributed by atoms with Crippen LogP contribution in [0.2, 0.25) is 0 Å². The molecule has 6 heteroatoms. The van der Waals surface area contributed by atoms with E-state index in [-0.39, 0.29) is 5.84 Å². The molecule has 0 aliphatic heterocycles. The number of hydrogen-bond donors (Lipinski definition) is 3. The molecule has 1 aromatic heterocycles. The van der Waals surface area contributed by atoms with E-state index in [1.165, 1.54) is 4.88 Å². The van der Waals surface area contributed by atoms with Gasteiger partial charge in [0.05, 0.1) is 0 Å². The SMILES string of the molecule is NC(CCNCc1cc(Br)cs1)=NO. The highest BCUT2D eigenvalue weighted by molar-refractivity contribution is 9.10. The van der Waals surface area contributed by atoms with Gasteiger partial charge in [0.25, 0.3) is 0 Å². The maximum atomic E-state index is 8.29. The van der Waals surface area contributed by atoms with Crippen LogP contribution in [-0.2, 0) is 6.54 Å². The van der Waals surface area contributed by atoms with Crippen molar-refractivity contribution in [2.45, 2.75) is 13.0 Å². The molecule has 1 rings (SSSR count). The van der Waals surface area contributed by atoms with Gasteiger partial charge in [0, 0.05) is 34.2 Å². The van der Waals surface area contributed by atoms with Gasteiger partial charge in [0.2, 0.25) is 0 Å². The summed E-state index contributed by atoms with van der Waals surface area (Å²) in [6, 6.07) is 2.07. The Morgan fingerprint density at radius 2 is 2.50 bits per heavy atom. The number of thiophene rings is 1. The predicted octanol–water partition coefficient (Wildman–Crippen LogP) is 1.74. The second kappa shape index (κ2) is 6.00. The number of rotatable bonds is 5. The normalized spacial score (nSPS) is 11.9. The number of nitrogens with one attached hydrogen (secondary N) is 1. The van der Waals surface area contributed by atoms with Gasteiger partial charge >= 0.3 is 0 Å². The molecule has 0 spiro atoms. The van der Waals surface area contributed by atoms with Gasteiger partial charge in [-0.05, 0) is 22.0 Å². The monoisotopic (exact) mass is 277 g/mol. The van der Waals surface area contributed by atoms with E-state index in [4.69, 9.17) is 10.9 Å². The van der Waals surface area contributed by atoms with Crippen molar-refractivity contribution in [3.8, 4) is 0 Å². The Morgan fingerprint density at radius 1 is 1.71 bits per heavy atom. The zero-order valence-electron chi connectivity index (χ0n) is 7.53. The van der Waals surface area contributed by atoms with E-state index in [0.29, 0.717) is 13.0 Å². The Kier molecular flexibility index (Phi) is 4.92. The average molecular weight is 278 g/mol. The Morgan fingerprint density at radius 3 is 3.07 bits per heavy atom. The van der Waals surface area contributed by atoms with Crippen LogP contribution in [-0.4, -0.2) is 17.6 Å². The number of oxime groups is 1. The summed E-state index contributed by atoms with van der Waals surface area (Å²) in [5.41, 5.74) is 5.31. The number of hydrogen-bond acceptors (Lipinski definition) is 4. The van der Waals surface area contributed by atoms with Crippen LogP contribution in [0.15, 0.2) is 21.1 Å². The van der Waals surface area contributed by atoms with Crippen LogP contribution in [0.3, 0.4) is 0 Å². The smallest absolute Gasteiger partial charge is 0.140 e. The first-order chi connectivity index (χ1) is 6.72. The van der Waals surface area contributed by atoms with Crippen LogP contribution in [0.1, 0.15) is 11.3 Å². The molecule has 4 N–H and O–H groups in total. The third-order valence-corrected chi connectivity index (χ3v) is 3.30. The number of nitrogens with zero attached hydrogens (tertiary/aromatic N) is 1. The van der Waals surface area contributed by atoms with Gasteiger partial charge in [-0.3, -0.25) is 0 Å². The summed E-state index contributed by atoms with van der Waals surface area (Å²) in [6.45, 7) is 1.53. The van der Waals surface area contributed by atoms with E-state index in [0.717, 1.165) is 11.0 Å². The van der Waals surface area contributed by atoms with Crippen molar-refractivity contribution in [2.24, 2.45) is 10.9 Å². The van der Waals surface area contributed by atoms with Crippen molar-refractivity contribution in [3.63, 3.8) is 0 Å². The molecule has 1 aromatic rings. The standard InChI is InChI=1S/C8H12BrN3OS/c9-6-3-7(14-5-6)4-11-2-1-8(10)12-13/h3,5,11,13H,1-2,4H2,(H2,10,12). The molecule has 0 aliphatic carbocycles. The lowest BCUT2D eigenvalue weighted by atomic mass is 10.4. The first-order valence-corrected chi connectivity index (χ1v) is 5.79. The van der Waals surface area contributed by atoms with Gasteiger partial charge in [-0.15, -0.1) is 11.3 Å². The van der Waals surface area contributed by atoms with Gasteiger partial charge in [0.1, 0.15) is 5.84 Å². The minimum absolute atomic E-state index is 0.255. The molecule has 4 nitrogen and oxygen atoms in total. The van der Waals surface area contributed by atoms with Gasteiger partial charge in [-0.1, -0.05) is 5.16 Å². The zero-order valence-corrected chi connectivity index (χ0v) is 9.94. The van der Waals surface area contributed by atoms with Gasteiger partial charge in [-0.25, -0.2) is 0 Å². The third-order valence-electron chi connectivity index (χ3n) is 1.61. The summed E-state index contributed by atoms with van der Waals surface area (Å²) in [7, 11) is 0. The summed E-state index contributed by atoms with van der Waals surface area (Å²) in [5, 5.41) is 16.4. The van der Waals surface area contributed by atoms with E-state index < -0.39 is 0 Å². The molecule has 0 saturated heterocycles. The molecule has 0 atom stereocenters. The molecule has 1 heterocycles. The predicted molar refractivity (Wildman–Crippen MR) is 61.8 cm³/mol. The second-order valence-electron chi connectivity index (χ2n) is 2.75. The molecule has 0 unspecified atom stereocenters. The summed E-state index contributed by atoms with van der Waals surface area (Å²) in [6.07, 6.45) is 0.559. The molecule has 0 saturated carbocycles. The lowest BCUT2D eigenvalue weighted by Gasteiger charge is -2.01. The van der Waals surface area contributed by atoms with Crippen LogP contribution in [0.5, 0.6) is 0 Å². The highest BCUT2D eigenvalue weighted by Crippen LogP contribution is 2.19. The highest BCUT2D eigenvalue weighted by Gasteiger charge is 1.97. The number of amidine groups is 1. The van der Waals surface area contributed by atoms with Gasteiger partial charge < -0.3 is 16.3 Å². The van der Waals surface area contributed by atoms with Crippen LogP contribution in [0.25, 0.3) is 0 Å². The summed E-state index contributed by atoms with van der Waals surface area (Å²) in [4.78, 5) is 1.26. The fourth-order valence-electron chi connectivity index (χ4n) is 0.925. The van der Waals surface area contributed by atoms with Crippen molar-refractivity contribution >= 4 is 33.1 Å². The number of nitrogens with two attached hydrogens (primary N) is 1. The molecule has 14 heavy (non-hydrogen) atoms. The van der Waals surface area contributed by atoms with Crippen LogP contribution in [0, 0.1) is 0 Å². The second-order valence-corrected chi connectivity index (χ2v) is 4.66. The van der Waals surface area contributed by atoms with E-state index >= 15 is 0 Å². The average Bonchev–Trinajstić information content (AvgIpc) is 2.58. The Balaban J connectivity index is 2.16. The zero-order chi connectivity index (χ0) is 10.4. The molecule has 0 fully saturated rings. The Hall–Kier alpha value is -0.590. The molecular weight excluding hydrogens is 266 g/mol. The largest absolute Gasteiger partial charge is 0.409 e. The van der Waals surface area contributed by atoms with Gasteiger partial charge in [-0.2, -0.15) is 0 Å². The summed E-state index contributed by atoms with van der Waals surface area (Å²) in [5.74, 6) is 0.255. The van der Waals surface area contributed by atoms with E-state index in [1.807, 2.05) is 5.38 Å². The lowest BCUT2D eigenvalue weighted by Crippen LogP contribution is -2.21.